The first-order valence-corrected chi connectivity index (χ1v) is 11.2. The lowest BCUT2D eigenvalue weighted by Crippen LogP contribution is -2.43. The Balaban J connectivity index is 1.68. The molecule has 1 aliphatic heterocycles. The van der Waals surface area contributed by atoms with Crippen LogP contribution in [0.1, 0.15) is 46.4 Å². The van der Waals surface area contributed by atoms with Gasteiger partial charge in [-0.05, 0) is 59.9 Å². The van der Waals surface area contributed by atoms with Crippen molar-refractivity contribution in [3.8, 4) is 0 Å². The third-order valence-corrected chi connectivity index (χ3v) is 6.22. The number of hydrogen-bond donors (Lipinski definition) is 1. The summed E-state index contributed by atoms with van der Waals surface area (Å²) in [6.07, 6.45) is -3.56. The molecular weight excluding hydrogens is 458 g/mol. The van der Waals surface area contributed by atoms with Gasteiger partial charge in [0.1, 0.15) is 12.2 Å². The number of benzene rings is 3. The first-order chi connectivity index (χ1) is 16.6. The number of rotatable bonds is 7. The second-order valence-corrected chi connectivity index (χ2v) is 8.71. The fourth-order valence-electron chi connectivity index (χ4n) is 4.29. The maximum atomic E-state index is 13.3. The van der Waals surface area contributed by atoms with E-state index < -0.39 is 30.1 Å². The molecule has 2 atom stereocenters. The molecule has 0 bridgehead atoms. The first-order valence-electron chi connectivity index (χ1n) is 11.2. The number of nitrogens with one attached hydrogen (secondary N) is 1. The SMILES string of the molecule is Cc1ccccc1C1=C[C@@](CO[C@H](C)c2cc(CF)cc(C(F)(F)F)c2)(c2ccccc2)NC1=O. The number of ether oxygens (including phenoxy) is 1. The summed E-state index contributed by atoms with van der Waals surface area (Å²) in [5.74, 6) is -0.266. The van der Waals surface area contributed by atoms with Crippen LogP contribution in [-0.4, -0.2) is 12.5 Å². The van der Waals surface area contributed by atoms with Crippen LogP contribution in [0.2, 0.25) is 0 Å². The third-order valence-electron chi connectivity index (χ3n) is 6.22. The van der Waals surface area contributed by atoms with Crippen molar-refractivity contribution in [3.63, 3.8) is 0 Å². The number of hydrogen-bond acceptors (Lipinski definition) is 2. The van der Waals surface area contributed by atoms with Gasteiger partial charge in [-0.3, -0.25) is 4.79 Å². The molecule has 0 saturated heterocycles. The summed E-state index contributed by atoms with van der Waals surface area (Å²) < 4.78 is 59.3. The smallest absolute Gasteiger partial charge is 0.371 e. The number of aryl methyl sites for hydroxylation is 1. The van der Waals surface area contributed by atoms with E-state index in [0.717, 1.165) is 28.8 Å². The summed E-state index contributed by atoms with van der Waals surface area (Å²) in [6.45, 7) is 2.48. The van der Waals surface area contributed by atoms with Gasteiger partial charge in [0, 0.05) is 5.57 Å². The van der Waals surface area contributed by atoms with Crippen LogP contribution in [0.25, 0.3) is 5.57 Å². The molecule has 0 radical (unpaired) electrons. The van der Waals surface area contributed by atoms with Gasteiger partial charge in [-0.1, -0.05) is 60.7 Å². The van der Waals surface area contributed by atoms with E-state index in [4.69, 9.17) is 4.74 Å². The molecule has 3 nitrogen and oxygen atoms in total. The van der Waals surface area contributed by atoms with Gasteiger partial charge >= 0.3 is 6.18 Å². The Morgan fingerprint density at radius 3 is 2.34 bits per heavy atom. The van der Waals surface area contributed by atoms with E-state index >= 15 is 0 Å². The van der Waals surface area contributed by atoms with E-state index in [1.165, 1.54) is 6.07 Å². The number of amides is 1. The predicted molar refractivity (Wildman–Crippen MR) is 126 cm³/mol. The Morgan fingerprint density at radius 1 is 1.00 bits per heavy atom. The molecule has 0 fully saturated rings. The van der Waals surface area contributed by atoms with Crippen molar-refractivity contribution in [2.45, 2.75) is 38.3 Å². The van der Waals surface area contributed by atoms with Crippen molar-refractivity contribution in [2.24, 2.45) is 0 Å². The highest BCUT2D eigenvalue weighted by Crippen LogP contribution is 2.37. The minimum absolute atomic E-state index is 0.0273. The maximum Gasteiger partial charge on any atom is 0.416 e. The highest BCUT2D eigenvalue weighted by molar-refractivity contribution is 6.22. The Bertz CT molecular complexity index is 1250. The molecule has 1 heterocycles. The van der Waals surface area contributed by atoms with Crippen LogP contribution in [0.4, 0.5) is 17.6 Å². The normalized spacial score (nSPS) is 18.8. The zero-order chi connectivity index (χ0) is 25.2. The molecular formula is C28H25F4NO2. The van der Waals surface area contributed by atoms with E-state index in [1.54, 1.807) is 6.92 Å². The van der Waals surface area contributed by atoms with Gasteiger partial charge in [0.15, 0.2) is 0 Å². The molecule has 0 aromatic heterocycles. The molecule has 35 heavy (non-hydrogen) atoms. The molecule has 3 aromatic carbocycles. The van der Waals surface area contributed by atoms with Gasteiger partial charge < -0.3 is 10.1 Å². The van der Waals surface area contributed by atoms with Gasteiger partial charge in [-0.15, -0.1) is 0 Å². The molecule has 0 unspecified atom stereocenters. The molecule has 182 valence electrons. The van der Waals surface area contributed by atoms with E-state index in [2.05, 4.69) is 5.32 Å². The number of carbonyl (C=O) groups is 1. The Hall–Kier alpha value is -3.45. The molecule has 3 aromatic rings. The molecule has 4 rings (SSSR count). The van der Waals surface area contributed by atoms with Gasteiger partial charge in [0.05, 0.1) is 18.3 Å². The minimum Gasteiger partial charge on any atom is -0.371 e. The largest absolute Gasteiger partial charge is 0.416 e. The molecule has 7 heteroatoms. The van der Waals surface area contributed by atoms with Crippen LogP contribution >= 0.6 is 0 Å². The lowest BCUT2D eigenvalue weighted by molar-refractivity contribution is -0.137. The summed E-state index contributed by atoms with van der Waals surface area (Å²) in [5, 5.41) is 3.03. The summed E-state index contributed by atoms with van der Waals surface area (Å²) in [6, 6.07) is 19.9. The average Bonchev–Trinajstić information content (AvgIpc) is 3.19. The Kier molecular flexibility index (Phi) is 6.81. The van der Waals surface area contributed by atoms with Crippen molar-refractivity contribution in [1.82, 2.24) is 5.32 Å². The predicted octanol–water partition coefficient (Wildman–Crippen LogP) is 6.67. The van der Waals surface area contributed by atoms with E-state index in [-0.39, 0.29) is 23.6 Å². The minimum atomic E-state index is -4.60. The van der Waals surface area contributed by atoms with E-state index in [1.807, 2.05) is 67.6 Å². The van der Waals surface area contributed by atoms with Crippen LogP contribution in [0.5, 0.6) is 0 Å². The van der Waals surface area contributed by atoms with Crippen molar-refractivity contribution in [3.05, 3.63) is 112 Å². The molecule has 0 aliphatic carbocycles. The molecule has 1 amide bonds. The zero-order valence-electron chi connectivity index (χ0n) is 19.3. The van der Waals surface area contributed by atoms with Crippen LogP contribution in [0, 0.1) is 6.92 Å². The summed E-state index contributed by atoms with van der Waals surface area (Å²) >= 11 is 0. The van der Waals surface area contributed by atoms with E-state index in [0.29, 0.717) is 5.57 Å². The lowest BCUT2D eigenvalue weighted by atomic mass is 9.90. The van der Waals surface area contributed by atoms with Crippen molar-refractivity contribution in [2.75, 3.05) is 6.61 Å². The molecule has 0 saturated carbocycles. The Labute approximate surface area is 201 Å². The number of carbonyl (C=O) groups excluding carboxylic acids is 1. The average molecular weight is 484 g/mol. The standard InChI is InChI=1S/C28H25F4NO2/c1-18-8-6-7-11-24(18)25-15-27(33-26(25)34,22-9-4-3-5-10-22)17-35-19(2)21-12-20(16-29)13-23(14-21)28(30,31)32/h3-15,19H,16-17H2,1-2H3,(H,33,34)/t19-,27-/m1/s1. The fourth-order valence-corrected chi connectivity index (χ4v) is 4.29. The number of halogens is 4. The quantitative estimate of drug-likeness (QED) is 0.381. The summed E-state index contributed by atoms with van der Waals surface area (Å²) in [7, 11) is 0. The number of alkyl halides is 4. The monoisotopic (exact) mass is 483 g/mol. The van der Waals surface area contributed by atoms with Crippen LogP contribution < -0.4 is 5.32 Å². The highest BCUT2D eigenvalue weighted by Gasteiger charge is 2.40. The van der Waals surface area contributed by atoms with E-state index in [9.17, 15) is 22.4 Å². The molecule has 0 spiro atoms. The Morgan fingerprint density at radius 2 is 1.69 bits per heavy atom. The molecule has 1 N–H and O–H groups in total. The summed E-state index contributed by atoms with van der Waals surface area (Å²) in [5.41, 5.74) is 1.21. The topological polar surface area (TPSA) is 38.3 Å². The second-order valence-electron chi connectivity index (χ2n) is 8.71. The zero-order valence-corrected chi connectivity index (χ0v) is 19.3. The van der Waals surface area contributed by atoms with Gasteiger partial charge in [0.2, 0.25) is 0 Å². The highest BCUT2D eigenvalue weighted by atomic mass is 19.4. The lowest BCUT2D eigenvalue weighted by Gasteiger charge is -2.30. The van der Waals surface area contributed by atoms with Crippen LogP contribution in [-0.2, 0) is 27.9 Å². The summed E-state index contributed by atoms with van der Waals surface area (Å²) in [4.78, 5) is 13.1. The van der Waals surface area contributed by atoms with Crippen LogP contribution in [0.3, 0.4) is 0 Å². The van der Waals surface area contributed by atoms with Crippen molar-refractivity contribution < 1.29 is 27.1 Å². The third kappa shape index (κ3) is 5.15. The maximum absolute atomic E-state index is 13.3. The second kappa shape index (κ2) is 9.66. The van der Waals surface area contributed by atoms with Gasteiger partial charge in [0.25, 0.3) is 5.91 Å². The van der Waals surface area contributed by atoms with Crippen molar-refractivity contribution in [1.29, 1.82) is 0 Å². The molecule has 1 aliphatic rings. The van der Waals surface area contributed by atoms with Gasteiger partial charge in [-0.2, -0.15) is 13.2 Å². The first kappa shape index (κ1) is 24.7. The van der Waals surface area contributed by atoms with Gasteiger partial charge in [-0.25, -0.2) is 4.39 Å². The van der Waals surface area contributed by atoms with Crippen molar-refractivity contribution >= 4 is 11.5 Å². The fraction of sp³-hybridized carbons (Fsp3) is 0.250. The van der Waals surface area contributed by atoms with Crippen LogP contribution in [0.15, 0.2) is 78.9 Å².